The summed E-state index contributed by atoms with van der Waals surface area (Å²) in [6, 6.07) is 0. The van der Waals surface area contributed by atoms with Crippen molar-refractivity contribution < 1.29 is 23.1 Å². The van der Waals surface area contributed by atoms with Crippen LogP contribution in [0.1, 0.15) is 13.3 Å². The number of amides is 1. The predicted octanol–water partition coefficient (Wildman–Crippen LogP) is -0.446. The molecule has 9 heteroatoms. The first kappa shape index (κ1) is 13.9. The van der Waals surface area contributed by atoms with Gasteiger partial charge < -0.3 is 10.8 Å². The number of aliphatic hydroxyl groups is 1. The zero-order valence-corrected chi connectivity index (χ0v) is 8.50. The lowest BCUT2D eigenvalue weighted by Crippen LogP contribution is -2.60. The van der Waals surface area contributed by atoms with Crippen LogP contribution in [-0.2, 0) is 4.79 Å². The van der Waals surface area contributed by atoms with Gasteiger partial charge >= 0.3 is 6.18 Å². The maximum atomic E-state index is 12.3. The molecule has 0 rings (SSSR count). The zero-order valence-electron chi connectivity index (χ0n) is 7.68. The molecular weight excluding hydrogens is 235 g/mol. The normalized spacial score (nSPS) is 15.3. The van der Waals surface area contributed by atoms with Crippen LogP contribution in [0.5, 0.6) is 0 Å². The maximum absolute atomic E-state index is 12.3. The average molecular weight is 245 g/mol. The molecule has 0 heterocycles. The highest BCUT2D eigenvalue weighted by atomic mass is 32.1. The maximum Gasteiger partial charge on any atom is 0.426 e. The van der Waals surface area contributed by atoms with E-state index in [1.54, 1.807) is 5.43 Å². The second-order valence-corrected chi connectivity index (χ2v) is 3.09. The first-order valence-electron chi connectivity index (χ1n) is 3.80. The van der Waals surface area contributed by atoms with Crippen molar-refractivity contribution in [3.8, 4) is 0 Å². The van der Waals surface area contributed by atoms with Crippen molar-refractivity contribution in [2.24, 2.45) is 5.73 Å². The molecule has 88 valence electrons. The summed E-state index contributed by atoms with van der Waals surface area (Å²) >= 11 is 4.26. The van der Waals surface area contributed by atoms with Gasteiger partial charge in [0.25, 0.3) is 5.91 Å². The van der Waals surface area contributed by atoms with E-state index in [1.165, 1.54) is 0 Å². The molecule has 1 amide bonds. The average Bonchev–Trinajstić information content (AvgIpc) is 2.10. The summed E-state index contributed by atoms with van der Waals surface area (Å²) in [5.74, 6) is -1.66. The second kappa shape index (κ2) is 4.62. The van der Waals surface area contributed by atoms with Crippen LogP contribution in [0.2, 0.25) is 0 Å². The number of carbonyl (C=O) groups excluding carboxylic acids is 1. The number of nitrogens with one attached hydrogen (secondary N) is 2. The Balaban J connectivity index is 4.67. The Hall–Kier alpha value is -1.09. The molecule has 0 unspecified atom stereocenters. The molecule has 0 aliphatic carbocycles. The van der Waals surface area contributed by atoms with Crippen molar-refractivity contribution in [2.45, 2.75) is 25.1 Å². The van der Waals surface area contributed by atoms with Gasteiger partial charge in [-0.2, -0.15) is 13.2 Å². The van der Waals surface area contributed by atoms with E-state index < -0.39 is 29.2 Å². The third kappa shape index (κ3) is 3.20. The lowest BCUT2D eigenvalue weighted by Gasteiger charge is -2.27. The minimum absolute atomic E-state index is 0.413. The molecule has 0 fully saturated rings. The van der Waals surface area contributed by atoms with Gasteiger partial charge in [0, 0.05) is 0 Å². The van der Waals surface area contributed by atoms with E-state index in [-0.39, 0.29) is 0 Å². The minimum Gasteiger partial charge on any atom is -0.375 e. The fourth-order valence-corrected chi connectivity index (χ4v) is 0.763. The van der Waals surface area contributed by atoms with E-state index in [0.29, 0.717) is 0 Å². The van der Waals surface area contributed by atoms with Crippen molar-refractivity contribution in [1.82, 2.24) is 10.9 Å². The molecule has 0 aliphatic heterocycles. The predicted molar refractivity (Wildman–Crippen MR) is 49.4 cm³/mol. The van der Waals surface area contributed by atoms with Gasteiger partial charge in [-0.05, 0) is 18.6 Å². The Morgan fingerprint density at radius 2 is 1.93 bits per heavy atom. The van der Waals surface area contributed by atoms with Gasteiger partial charge in [-0.15, -0.1) is 0 Å². The summed E-state index contributed by atoms with van der Waals surface area (Å²) in [6.45, 7) is 1.02. The molecule has 5 nitrogen and oxygen atoms in total. The molecule has 15 heavy (non-hydrogen) atoms. The smallest absolute Gasteiger partial charge is 0.375 e. The molecule has 0 saturated heterocycles. The number of nitrogens with two attached hydrogens (primary N) is 1. The van der Waals surface area contributed by atoms with Crippen molar-refractivity contribution in [2.75, 3.05) is 0 Å². The molecule has 1 atom stereocenters. The first-order valence-corrected chi connectivity index (χ1v) is 4.21. The number of hydrogen-bond acceptors (Lipinski definition) is 3. The van der Waals surface area contributed by atoms with Gasteiger partial charge in [-0.25, -0.2) is 0 Å². The van der Waals surface area contributed by atoms with E-state index in [1.807, 2.05) is 5.43 Å². The van der Waals surface area contributed by atoms with Crippen LogP contribution in [0.3, 0.4) is 0 Å². The van der Waals surface area contributed by atoms with Crippen molar-refractivity contribution in [3.05, 3.63) is 0 Å². The van der Waals surface area contributed by atoms with E-state index in [9.17, 15) is 18.0 Å². The topological polar surface area (TPSA) is 87.4 Å². The number of halogens is 3. The van der Waals surface area contributed by atoms with Crippen LogP contribution >= 0.6 is 12.2 Å². The standard InChI is InChI=1S/C6H10F3N3O2S/c1-2-5(14,6(7,8)9)3(13)11-12-4(10)15/h14H,2H2,1H3,(H,11,13)(H3,10,12,15)/t5-/m0/s1. The highest BCUT2D eigenvalue weighted by Gasteiger charge is 2.58. The number of hydrazine groups is 1. The van der Waals surface area contributed by atoms with Gasteiger partial charge in [0.15, 0.2) is 5.11 Å². The number of thiocarbonyl (C=S) groups is 1. The van der Waals surface area contributed by atoms with E-state index in [2.05, 4.69) is 12.2 Å². The Kier molecular flexibility index (Phi) is 4.28. The highest BCUT2D eigenvalue weighted by molar-refractivity contribution is 7.80. The Labute approximate surface area is 88.8 Å². The second-order valence-electron chi connectivity index (χ2n) is 2.65. The molecule has 0 saturated carbocycles. The van der Waals surface area contributed by atoms with Crippen molar-refractivity contribution in [1.29, 1.82) is 0 Å². The first-order chi connectivity index (χ1) is 6.65. The van der Waals surface area contributed by atoms with Gasteiger partial charge in [0.05, 0.1) is 0 Å². The Morgan fingerprint density at radius 3 is 2.20 bits per heavy atom. The van der Waals surface area contributed by atoms with Gasteiger partial charge in [-0.1, -0.05) is 6.92 Å². The fraction of sp³-hybridized carbons (Fsp3) is 0.667. The third-order valence-electron chi connectivity index (χ3n) is 1.66. The zero-order chi connectivity index (χ0) is 12.3. The summed E-state index contributed by atoms with van der Waals surface area (Å²) in [5.41, 5.74) is 4.79. The summed E-state index contributed by atoms with van der Waals surface area (Å²) < 4.78 is 36.8. The van der Waals surface area contributed by atoms with Crippen LogP contribution in [0.25, 0.3) is 0 Å². The molecule has 0 bridgehead atoms. The Bertz CT molecular complexity index is 271. The van der Waals surface area contributed by atoms with Crippen LogP contribution < -0.4 is 16.6 Å². The third-order valence-corrected chi connectivity index (χ3v) is 1.76. The summed E-state index contributed by atoms with van der Waals surface area (Å²) in [5, 5.41) is 8.66. The SMILES string of the molecule is CC[C@](O)(C(=O)NNC(N)=S)C(F)(F)F. The molecule has 0 spiro atoms. The summed E-state index contributed by atoms with van der Waals surface area (Å²) in [6.07, 6.45) is -5.88. The minimum atomic E-state index is -5.07. The van der Waals surface area contributed by atoms with Crippen LogP contribution in [0.15, 0.2) is 0 Å². The quantitative estimate of drug-likeness (QED) is 0.391. The molecule has 0 aromatic carbocycles. The van der Waals surface area contributed by atoms with E-state index in [4.69, 9.17) is 10.8 Å². The van der Waals surface area contributed by atoms with Gasteiger partial charge in [0.2, 0.25) is 5.60 Å². The lowest BCUT2D eigenvalue weighted by atomic mass is 9.99. The van der Waals surface area contributed by atoms with E-state index >= 15 is 0 Å². The number of carbonyl (C=O) groups is 1. The summed E-state index contributed by atoms with van der Waals surface area (Å²) in [4.78, 5) is 11.0. The highest BCUT2D eigenvalue weighted by Crippen LogP contribution is 2.32. The monoisotopic (exact) mass is 245 g/mol. The molecule has 5 N–H and O–H groups in total. The van der Waals surface area contributed by atoms with E-state index in [0.717, 1.165) is 6.92 Å². The fourth-order valence-electron chi connectivity index (χ4n) is 0.711. The van der Waals surface area contributed by atoms with Crippen LogP contribution in [0.4, 0.5) is 13.2 Å². The molecule has 0 aromatic rings. The molecule has 0 aromatic heterocycles. The summed E-state index contributed by atoms with van der Waals surface area (Å²) in [7, 11) is 0. The molecule has 0 radical (unpaired) electrons. The largest absolute Gasteiger partial charge is 0.426 e. The number of rotatable bonds is 2. The van der Waals surface area contributed by atoms with Crippen LogP contribution in [-0.4, -0.2) is 27.9 Å². The number of alkyl halides is 3. The van der Waals surface area contributed by atoms with Gasteiger partial charge in [-0.3, -0.25) is 15.6 Å². The van der Waals surface area contributed by atoms with Crippen LogP contribution in [0, 0.1) is 0 Å². The Morgan fingerprint density at radius 1 is 1.47 bits per heavy atom. The van der Waals surface area contributed by atoms with Gasteiger partial charge in [0.1, 0.15) is 0 Å². The lowest BCUT2D eigenvalue weighted by molar-refractivity contribution is -0.252. The molecular formula is C6H10F3N3O2S. The van der Waals surface area contributed by atoms with Crippen molar-refractivity contribution in [3.63, 3.8) is 0 Å². The number of hydrogen-bond donors (Lipinski definition) is 4. The molecule has 0 aliphatic rings. The van der Waals surface area contributed by atoms with Crippen molar-refractivity contribution >= 4 is 23.2 Å².